The van der Waals surface area contributed by atoms with Crippen molar-refractivity contribution in [2.24, 2.45) is 0 Å². The number of amides is 1. The number of esters is 1. The second-order valence-corrected chi connectivity index (χ2v) is 7.09. The summed E-state index contributed by atoms with van der Waals surface area (Å²) in [5.41, 5.74) is 0. The molecule has 1 rings (SSSR count). The quantitative estimate of drug-likeness (QED) is 0.281. The van der Waals surface area contributed by atoms with E-state index in [0.29, 0.717) is 6.61 Å². The van der Waals surface area contributed by atoms with Crippen LogP contribution in [-0.2, 0) is 9.53 Å². The first-order valence-electron chi connectivity index (χ1n) is 10.7. The molecule has 0 bridgehead atoms. The van der Waals surface area contributed by atoms with Gasteiger partial charge in [0.2, 0.25) is 0 Å². The lowest BCUT2D eigenvalue weighted by Gasteiger charge is -2.06. The molecular weight excluding hydrogens is 342 g/mol. The predicted octanol–water partition coefficient (Wildman–Crippen LogP) is 5.64. The second kappa shape index (κ2) is 16.4. The summed E-state index contributed by atoms with van der Waals surface area (Å²) in [6.45, 7) is 2.99. The van der Waals surface area contributed by atoms with Crippen LogP contribution in [0.3, 0.4) is 0 Å². The first kappa shape index (κ1) is 23.3. The number of hydrogen-bond acceptors (Lipinski definition) is 4. The number of carbonyl (C=O) groups is 2. The van der Waals surface area contributed by atoms with Crippen molar-refractivity contribution in [2.75, 3.05) is 13.2 Å². The molecule has 1 aromatic heterocycles. The molecule has 0 fully saturated rings. The van der Waals surface area contributed by atoms with Crippen LogP contribution in [0.15, 0.2) is 22.8 Å². The van der Waals surface area contributed by atoms with Crippen molar-refractivity contribution in [1.29, 1.82) is 0 Å². The normalized spacial score (nSPS) is 10.7. The van der Waals surface area contributed by atoms with Crippen LogP contribution in [0, 0.1) is 0 Å². The van der Waals surface area contributed by atoms with E-state index in [9.17, 15) is 9.59 Å². The molecule has 0 spiro atoms. The summed E-state index contributed by atoms with van der Waals surface area (Å²) < 4.78 is 10.2. The first-order valence-corrected chi connectivity index (χ1v) is 10.7. The maximum atomic E-state index is 11.6. The molecule has 1 heterocycles. The molecule has 1 N–H and O–H groups in total. The summed E-state index contributed by atoms with van der Waals surface area (Å²) in [6.07, 6.45) is 17.1. The van der Waals surface area contributed by atoms with Gasteiger partial charge in [0.1, 0.15) is 0 Å². The van der Waals surface area contributed by atoms with Gasteiger partial charge in [-0.2, -0.15) is 0 Å². The Balaban J connectivity index is 1.81. The molecule has 0 unspecified atom stereocenters. The van der Waals surface area contributed by atoms with Crippen molar-refractivity contribution in [1.82, 2.24) is 5.32 Å². The highest BCUT2D eigenvalue weighted by Gasteiger charge is 2.09. The van der Waals surface area contributed by atoms with Gasteiger partial charge in [0.15, 0.2) is 5.76 Å². The molecule has 0 atom stereocenters. The largest absolute Gasteiger partial charge is 0.466 e. The summed E-state index contributed by atoms with van der Waals surface area (Å²) in [6, 6.07) is 3.24. The van der Waals surface area contributed by atoms with Crippen molar-refractivity contribution >= 4 is 11.9 Å². The molecule has 0 aliphatic carbocycles. The lowest BCUT2D eigenvalue weighted by molar-refractivity contribution is -0.143. The van der Waals surface area contributed by atoms with Crippen molar-refractivity contribution in [3.63, 3.8) is 0 Å². The maximum Gasteiger partial charge on any atom is 0.307 e. The highest BCUT2D eigenvalue weighted by atomic mass is 16.5. The van der Waals surface area contributed by atoms with Crippen LogP contribution in [0.5, 0.6) is 0 Å². The Bertz CT molecular complexity index is 485. The van der Waals surface area contributed by atoms with Crippen molar-refractivity contribution < 1.29 is 18.7 Å². The standard InChI is InChI=1S/C22H37NO4/c1-2-3-4-5-6-7-8-9-10-11-12-13-18-27-21(24)16-17-23-22(25)20-15-14-19-26-20/h14-15,19H,2-13,16-18H2,1H3,(H,23,25). The molecule has 0 aliphatic rings. The lowest BCUT2D eigenvalue weighted by Crippen LogP contribution is -2.26. The zero-order valence-electron chi connectivity index (χ0n) is 17.0. The van der Waals surface area contributed by atoms with Gasteiger partial charge in [-0.05, 0) is 18.6 Å². The summed E-state index contributed by atoms with van der Waals surface area (Å²) in [5.74, 6) is -0.327. The monoisotopic (exact) mass is 379 g/mol. The third-order valence-electron chi connectivity index (χ3n) is 4.62. The van der Waals surface area contributed by atoms with Gasteiger partial charge >= 0.3 is 5.97 Å². The zero-order valence-corrected chi connectivity index (χ0v) is 17.0. The molecule has 0 saturated heterocycles. The third kappa shape index (κ3) is 13.1. The minimum absolute atomic E-state index is 0.185. The van der Waals surface area contributed by atoms with Crippen molar-refractivity contribution in [2.45, 2.75) is 90.4 Å². The smallest absolute Gasteiger partial charge is 0.307 e. The van der Waals surface area contributed by atoms with E-state index in [2.05, 4.69) is 12.2 Å². The van der Waals surface area contributed by atoms with E-state index in [0.717, 1.165) is 12.8 Å². The molecule has 1 amide bonds. The average Bonchev–Trinajstić information content (AvgIpc) is 3.20. The Morgan fingerprint density at radius 2 is 1.52 bits per heavy atom. The van der Waals surface area contributed by atoms with Gasteiger partial charge in [-0.3, -0.25) is 9.59 Å². The van der Waals surface area contributed by atoms with E-state index in [1.165, 1.54) is 70.5 Å². The molecule has 0 aliphatic heterocycles. The number of ether oxygens (including phenoxy) is 1. The second-order valence-electron chi connectivity index (χ2n) is 7.09. The Morgan fingerprint density at radius 3 is 2.07 bits per heavy atom. The van der Waals surface area contributed by atoms with Crippen LogP contribution < -0.4 is 5.32 Å². The van der Waals surface area contributed by atoms with E-state index >= 15 is 0 Å². The Hall–Kier alpha value is -1.78. The summed E-state index contributed by atoms with van der Waals surface area (Å²) >= 11 is 0. The van der Waals surface area contributed by atoms with Gasteiger partial charge < -0.3 is 14.5 Å². The van der Waals surface area contributed by atoms with Crippen molar-refractivity contribution in [3.8, 4) is 0 Å². The fourth-order valence-corrected chi connectivity index (χ4v) is 2.97. The first-order chi connectivity index (χ1) is 13.2. The highest BCUT2D eigenvalue weighted by molar-refractivity contribution is 5.91. The Labute approximate surface area is 164 Å². The summed E-state index contributed by atoms with van der Waals surface area (Å²) in [7, 11) is 0. The van der Waals surface area contributed by atoms with Crippen LogP contribution in [0.2, 0.25) is 0 Å². The Morgan fingerprint density at radius 1 is 0.926 bits per heavy atom. The van der Waals surface area contributed by atoms with Crippen LogP contribution in [0.25, 0.3) is 0 Å². The van der Waals surface area contributed by atoms with Gasteiger partial charge in [-0.25, -0.2) is 0 Å². The van der Waals surface area contributed by atoms with Gasteiger partial charge in [0.25, 0.3) is 5.91 Å². The predicted molar refractivity (Wildman–Crippen MR) is 108 cm³/mol. The maximum absolute atomic E-state index is 11.6. The third-order valence-corrected chi connectivity index (χ3v) is 4.62. The molecule has 5 nitrogen and oxygen atoms in total. The molecule has 5 heteroatoms. The molecule has 1 aromatic rings. The van der Waals surface area contributed by atoms with Crippen molar-refractivity contribution in [3.05, 3.63) is 24.2 Å². The zero-order chi connectivity index (χ0) is 19.6. The van der Waals surface area contributed by atoms with Crippen LogP contribution in [0.4, 0.5) is 0 Å². The van der Waals surface area contributed by atoms with Crippen LogP contribution >= 0.6 is 0 Å². The van der Waals surface area contributed by atoms with E-state index < -0.39 is 0 Å². The highest BCUT2D eigenvalue weighted by Crippen LogP contribution is 2.12. The summed E-state index contributed by atoms with van der Waals surface area (Å²) in [4.78, 5) is 23.2. The van der Waals surface area contributed by atoms with E-state index in [1.807, 2.05) is 0 Å². The minimum Gasteiger partial charge on any atom is -0.466 e. The lowest BCUT2D eigenvalue weighted by atomic mass is 10.1. The molecular formula is C22H37NO4. The molecule has 154 valence electrons. The van der Waals surface area contributed by atoms with Gasteiger partial charge in [-0.15, -0.1) is 0 Å². The average molecular weight is 380 g/mol. The molecule has 0 aromatic carbocycles. The van der Waals surface area contributed by atoms with E-state index in [1.54, 1.807) is 12.1 Å². The van der Waals surface area contributed by atoms with Gasteiger partial charge in [0, 0.05) is 6.54 Å². The van der Waals surface area contributed by atoms with Gasteiger partial charge in [0.05, 0.1) is 19.3 Å². The minimum atomic E-state index is -0.311. The fourth-order valence-electron chi connectivity index (χ4n) is 2.97. The number of furan rings is 1. The number of unbranched alkanes of at least 4 members (excludes halogenated alkanes) is 11. The molecule has 0 radical (unpaired) electrons. The van der Waals surface area contributed by atoms with E-state index in [4.69, 9.17) is 9.15 Å². The number of nitrogens with one attached hydrogen (secondary N) is 1. The summed E-state index contributed by atoms with van der Waals surface area (Å²) in [5, 5.41) is 2.63. The number of rotatable bonds is 17. The Kier molecular flexibility index (Phi) is 14.1. The number of hydrogen-bond donors (Lipinski definition) is 1. The van der Waals surface area contributed by atoms with Crippen LogP contribution in [-0.4, -0.2) is 25.0 Å². The fraction of sp³-hybridized carbons (Fsp3) is 0.727. The SMILES string of the molecule is CCCCCCCCCCCCCCOC(=O)CCNC(=O)c1ccco1. The van der Waals surface area contributed by atoms with Crippen LogP contribution in [0.1, 0.15) is 101 Å². The van der Waals surface area contributed by atoms with Gasteiger partial charge in [-0.1, -0.05) is 77.6 Å². The number of carbonyl (C=O) groups excluding carboxylic acids is 2. The van der Waals surface area contributed by atoms with E-state index in [-0.39, 0.29) is 30.6 Å². The topological polar surface area (TPSA) is 68.5 Å². The molecule has 27 heavy (non-hydrogen) atoms. The molecule has 0 saturated carbocycles.